The summed E-state index contributed by atoms with van der Waals surface area (Å²) in [5.41, 5.74) is -0.0213. The van der Waals surface area contributed by atoms with E-state index < -0.39 is 17.7 Å². The third-order valence-corrected chi connectivity index (χ3v) is 1.65. The van der Waals surface area contributed by atoms with Crippen molar-refractivity contribution < 1.29 is 48.9 Å². The number of hydrogen-bond acceptors (Lipinski definition) is 5. The van der Waals surface area contributed by atoms with Gasteiger partial charge in [-0.1, -0.05) is 0 Å². The zero-order valence-electron chi connectivity index (χ0n) is 9.66. The van der Waals surface area contributed by atoms with Gasteiger partial charge in [-0.2, -0.15) is 5.26 Å². The Labute approximate surface area is 116 Å². The smallest absolute Gasteiger partial charge is 0.575 e. The van der Waals surface area contributed by atoms with Crippen LogP contribution in [-0.4, -0.2) is 11.8 Å². The van der Waals surface area contributed by atoms with Gasteiger partial charge in [0.1, 0.15) is 0 Å². The van der Waals surface area contributed by atoms with Gasteiger partial charge in [-0.25, -0.2) is 4.79 Å². The Kier molecular flexibility index (Phi) is 5.07. The summed E-state index contributed by atoms with van der Waals surface area (Å²) < 4.78 is 9.66. The van der Waals surface area contributed by atoms with Crippen molar-refractivity contribution in [3.05, 3.63) is 23.2 Å². The van der Waals surface area contributed by atoms with Gasteiger partial charge in [0.05, 0.1) is 17.6 Å². The molecule has 1 aliphatic rings. The molecule has 6 heteroatoms. The molecule has 0 aromatic rings. The van der Waals surface area contributed by atoms with Gasteiger partial charge in [-0.15, -0.1) is 0 Å². The molecule has 0 spiro atoms. The third-order valence-electron chi connectivity index (χ3n) is 1.65. The van der Waals surface area contributed by atoms with Gasteiger partial charge < -0.3 is 14.6 Å². The van der Waals surface area contributed by atoms with E-state index in [0.29, 0.717) is 0 Å². The normalized spacial score (nSPS) is 19.1. The van der Waals surface area contributed by atoms with E-state index in [0.717, 1.165) is 6.08 Å². The predicted molar refractivity (Wildman–Crippen MR) is 47.7 cm³/mol. The minimum absolute atomic E-state index is 0. The molecular formula is C10H10NNaO4. The number of nitriles is 1. The number of rotatable bonds is 1. The zero-order chi connectivity index (χ0) is 11.6. The Morgan fingerprint density at radius 3 is 2.50 bits per heavy atom. The molecule has 5 nitrogen and oxygen atoms in total. The molecular weight excluding hydrogens is 221 g/mol. The molecule has 0 aromatic carbocycles. The molecule has 0 amide bonds. The Bertz CT molecular complexity index is 404. The van der Waals surface area contributed by atoms with E-state index in [9.17, 15) is 9.90 Å². The van der Waals surface area contributed by atoms with Gasteiger partial charge in [0.2, 0.25) is 0 Å². The van der Waals surface area contributed by atoms with Gasteiger partial charge in [0.25, 0.3) is 0 Å². The summed E-state index contributed by atoms with van der Waals surface area (Å²) in [5.74, 6) is -2.79. The van der Waals surface area contributed by atoms with Gasteiger partial charge in [-0.05, 0) is 26.8 Å². The van der Waals surface area contributed by atoms with Gasteiger partial charge in [0.15, 0.2) is 5.79 Å². The fourth-order valence-electron chi connectivity index (χ4n) is 1.03. The molecule has 80 valence electrons. The van der Waals surface area contributed by atoms with Crippen LogP contribution < -0.4 is 34.7 Å². The summed E-state index contributed by atoms with van der Waals surface area (Å²) >= 11 is 0. The topological polar surface area (TPSA) is 82.4 Å². The molecule has 0 saturated heterocycles. The van der Waals surface area contributed by atoms with Gasteiger partial charge in [0, 0.05) is 5.57 Å². The number of cyclic esters (lactones) is 1. The van der Waals surface area contributed by atoms with E-state index in [1.54, 1.807) is 6.07 Å². The molecule has 0 saturated carbocycles. The van der Waals surface area contributed by atoms with E-state index in [4.69, 9.17) is 14.7 Å². The third kappa shape index (κ3) is 3.56. The van der Waals surface area contributed by atoms with Crippen LogP contribution in [0.4, 0.5) is 0 Å². The second kappa shape index (κ2) is 5.39. The first kappa shape index (κ1) is 15.0. The Hall–Kier alpha value is -0.960. The van der Waals surface area contributed by atoms with E-state index in [1.807, 2.05) is 0 Å². The SMILES string of the molecule is CC(C#N)=CC1=C([O-])OC(C)(C)OC1=O.[Na+]. The number of nitrogens with zero attached hydrogens (tertiary/aromatic N) is 1. The summed E-state index contributed by atoms with van der Waals surface area (Å²) in [5, 5.41) is 19.9. The van der Waals surface area contributed by atoms with Crippen LogP contribution in [0.15, 0.2) is 23.2 Å². The van der Waals surface area contributed by atoms with Crippen molar-refractivity contribution in [2.75, 3.05) is 0 Å². The average molecular weight is 231 g/mol. The first-order valence-corrected chi connectivity index (χ1v) is 4.28. The van der Waals surface area contributed by atoms with E-state index >= 15 is 0 Å². The van der Waals surface area contributed by atoms with Gasteiger partial charge in [-0.3, -0.25) is 0 Å². The second-order valence-electron chi connectivity index (χ2n) is 3.53. The first-order chi connectivity index (χ1) is 6.85. The van der Waals surface area contributed by atoms with Crippen LogP contribution in [0.25, 0.3) is 0 Å². The summed E-state index contributed by atoms with van der Waals surface area (Å²) in [6, 6.07) is 1.80. The minimum Gasteiger partial charge on any atom is -0.575 e. The zero-order valence-corrected chi connectivity index (χ0v) is 11.7. The molecule has 0 atom stereocenters. The molecule has 1 aliphatic heterocycles. The van der Waals surface area contributed by atoms with Crippen molar-refractivity contribution in [3.8, 4) is 6.07 Å². The van der Waals surface area contributed by atoms with Crippen molar-refractivity contribution in [2.45, 2.75) is 26.6 Å². The van der Waals surface area contributed by atoms with Crippen LogP contribution in [0.3, 0.4) is 0 Å². The van der Waals surface area contributed by atoms with E-state index in [1.165, 1.54) is 20.8 Å². The maximum absolute atomic E-state index is 11.4. The fraction of sp³-hybridized carbons (Fsp3) is 0.400. The maximum Gasteiger partial charge on any atom is 1.00 e. The number of allylic oxidation sites excluding steroid dienone is 1. The Morgan fingerprint density at radius 1 is 1.50 bits per heavy atom. The van der Waals surface area contributed by atoms with Crippen molar-refractivity contribution in [3.63, 3.8) is 0 Å². The molecule has 0 aliphatic carbocycles. The standard InChI is InChI=1S/C10H11NO4.Na/c1-6(5-11)4-7-8(12)14-10(2,3)15-9(7)13;/h4,12H,1-3H3;/q;+1/p-1. The predicted octanol–water partition coefficient (Wildman–Crippen LogP) is -2.66. The number of ether oxygens (including phenoxy) is 2. The Balaban J connectivity index is 0.00000225. The minimum atomic E-state index is -1.24. The second-order valence-corrected chi connectivity index (χ2v) is 3.53. The van der Waals surface area contributed by atoms with Crippen molar-refractivity contribution in [1.29, 1.82) is 5.26 Å². The Morgan fingerprint density at radius 2 is 2.06 bits per heavy atom. The number of hydrogen-bond donors (Lipinski definition) is 0. The van der Waals surface area contributed by atoms with Crippen LogP contribution in [-0.2, 0) is 14.3 Å². The molecule has 0 N–H and O–H groups in total. The largest absolute Gasteiger partial charge is 1.00 e. The summed E-state index contributed by atoms with van der Waals surface area (Å²) in [6.07, 6.45) is 1.15. The molecule has 1 rings (SSSR count). The molecule has 0 bridgehead atoms. The maximum atomic E-state index is 11.4. The number of carbonyl (C=O) groups is 1. The van der Waals surface area contributed by atoms with Gasteiger partial charge >= 0.3 is 35.5 Å². The quantitative estimate of drug-likeness (QED) is 0.279. The summed E-state index contributed by atoms with van der Waals surface area (Å²) in [4.78, 5) is 11.4. The van der Waals surface area contributed by atoms with Crippen LogP contribution in [0, 0.1) is 11.3 Å². The molecule has 0 radical (unpaired) electrons. The van der Waals surface area contributed by atoms with E-state index in [-0.39, 0.29) is 40.7 Å². The molecule has 0 aromatic heterocycles. The summed E-state index contributed by atoms with van der Waals surface area (Å²) in [6.45, 7) is 4.40. The van der Waals surface area contributed by atoms with Crippen molar-refractivity contribution in [2.24, 2.45) is 0 Å². The fourth-order valence-corrected chi connectivity index (χ4v) is 1.03. The molecule has 16 heavy (non-hydrogen) atoms. The van der Waals surface area contributed by atoms with Crippen molar-refractivity contribution in [1.82, 2.24) is 0 Å². The number of carbonyl (C=O) groups excluding carboxylic acids is 1. The average Bonchev–Trinajstić information content (AvgIpc) is 2.09. The summed E-state index contributed by atoms with van der Waals surface area (Å²) in [7, 11) is 0. The van der Waals surface area contributed by atoms with Crippen LogP contribution in [0.1, 0.15) is 20.8 Å². The first-order valence-electron chi connectivity index (χ1n) is 4.28. The van der Waals surface area contributed by atoms with E-state index in [2.05, 4.69) is 0 Å². The van der Waals surface area contributed by atoms with Crippen LogP contribution in [0.2, 0.25) is 0 Å². The molecule has 1 heterocycles. The van der Waals surface area contributed by atoms with Crippen molar-refractivity contribution >= 4 is 5.97 Å². The van der Waals surface area contributed by atoms with Crippen LogP contribution >= 0.6 is 0 Å². The number of esters is 1. The van der Waals surface area contributed by atoms with Crippen LogP contribution in [0.5, 0.6) is 0 Å². The molecule has 0 fully saturated rings. The molecule has 0 unspecified atom stereocenters. The monoisotopic (exact) mass is 231 g/mol.